The van der Waals surface area contributed by atoms with Crippen molar-refractivity contribution < 1.29 is 27.4 Å². The van der Waals surface area contributed by atoms with Crippen molar-refractivity contribution in [3.8, 4) is 5.75 Å². The molecule has 20 heavy (non-hydrogen) atoms. The molecule has 0 unspecified atom stereocenters. The number of rotatable bonds is 9. The molecule has 0 radical (unpaired) electrons. The summed E-state index contributed by atoms with van der Waals surface area (Å²) in [5.41, 5.74) is 0.871. The lowest BCUT2D eigenvalue weighted by Gasteiger charge is -2.13. The second-order valence-electron chi connectivity index (χ2n) is 3.92. The number of ether oxygens (including phenoxy) is 3. The number of methoxy groups -OCH3 is 1. The maximum Gasteiger partial charge on any atom is 0.522 e. The maximum absolute atomic E-state index is 11.8. The summed E-state index contributed by atoms with van der Waals surface area (Å²) in [5.74, 6) is 0.545. The van der Waals surface area contributed by atoms with Crippen LogP contribution in [0.5, 0.6) is 5.75 Å². The molecule has 0 heterocycles. The van der Waals surface area contributed by atoms with Crippen LogP contribution in [0.25, 0.3) is 0 Å². The zero-order valence-electron chi connectivity index (χ0n) is 11.2. The fourth-order valence-electron chi connectivity index (χ4n) is 1.50. The van der Waals surface area contributed by atoms with E-state index >= 15 is 0 Å². The van der Waals surface area contributed by atoms with Crippen LogP contribution in [0, 0.1) is 0 Å². The van der Waals surface area contributed by atoms with E-state index in [0.29, 0.717) is 25.4 Å². The van der Waals surface area contributed by atoms with Crippen molar-refractivity contribution in [3.63, 3.8) is 0 Å². The number of para-hydroxylation sites is 1. The molecule has 0 saturated carbocycles. The highest BCUT2D eigenvalue weighted by atomic mass is 19.4. The van der Waals surface area contributed by atoms with E-state index in [1.807, 2.05) is 12.1 Å². The summed E-state index contributed by atoms with van der Waals surface area (Å²) in [7, 11) is 1.61. The number of benzene rings is 1. The predicted molar refractivity (Wildman–Crippen MR) is 67.5 cm³/mol. The molecule has 0 fully saturated rings. The average molecular weight is 293 g/mol. The highest BCUT2D eigenvalue weighted by Crippen LogP contribution is 2.19. The van der Waals surface area contributed by atoms with E-state index < -0.39 is 13.0 Å². The summed E-state index contributed by atoms with van der Waals surface area (Å²) in [4.78, 5) is 0. The standard InChI is InChI=1S/C13H18F3NO3/c1-18-7-6-17-10-11-4-2-3-5-12(11)19-8-9-20-13(14,15)16/h2-5,17H,6-10H2,1H3. The van der Waals surface area contributed by atoms with Gasteiger partial charge in [0.05, 0.1) is 13.2 Å². The number of hydrogen-bond donors (Lipinski definition) is 1. The van der Waals surface area contributed by atoms with Crippen LogP contribution in [0.1, 0.15) is 5.56 Å². The van der Waals surface area contributed by atoms with Crippen molar-refractivity contribution in [1.82, 2.24) is 5.32 Å². The van der Waals surface area contributed by atoms with Crippen molar-refractivity contribution >= 4 is 0 Å². The lowest BCUT2D eigenvalue weighted by atomic mass is 10.2. The van der Waals surface area contributed by atoms with E-state index in [-0.39, 0.29) is 6.61 Å². The normalized spacial score (nSPS) is 11.6. The van der Waals surface area contributed by atoms with Gasteiger partial charge in [-0.25, -0.2) is 0 Å². The summed E-state index contributed by atoms with van der Waals surface area (Å²) in [6, 6.07) is 7.16. The SMILES string of the molecule is COCCNCc1ccccc1OCCOC(F)(F)F. The number of alkyl halides is 3. The van der Waals surface area contributed by atoms with Crippen LogP contribution in [0.3, 0.4) is 0 Å². The van der Waals surface area contributed by atoms with Crippen LogP contribution in [0.4, 0.5) is 13.2 Å². The van der Waals surface area contributed by atoms with Gasteiger partial charge in [0.2, 0.25) is 0 Å². The zero-order chi connectivity index (χ0) is 14.8. The monoisotopic (exact) mass is 293 g/mol. The minimum Gasteiger partial charge on any atom is -0.491 e. The molecule has 0 atom stereocenters. The predicted octanol–water partition coefficient (Wildman–Crippen LogP) is 2.34. The highest BCUT2D eigenvalue weighted by molar-refractivity contribution is 5.33. The van der Waals surface area contributed by atoms with Crippen LogP contribution in [0.2, 0.25) is 0 Å². The van der Waals surface area contributed by atoms with E-state index in [2.05, 4.69) is 10.1 Å². The van der Waals surface area contributed by atoms with Gasteiger partial charge in [0, 0.05) is 25.8 Å². The van der Waals surface area contributed by atoms with Crippen LogP contribution < -0.4 is 10.1 Å². The van der Waals surface area contributed by atoms with Gasteiger partial charge in [0.15, 0.2) is 0 Å². The summed E-state index contributed by atoms with van der Waals surface area (Å²) >= 11 is 0. The number of hydrogen-bond acceptors (Lipinski definition) is 4. The molecule has 0 bridgehead atoms. The van der Waals surface area contributed by atoms with Gasteiger partial charge in [-0.05, 0) is 6.07 Å². The third-order valence-corrected chi connectivity index (χ3v) is 2.38. The summed E-state index contributed by atoms with van der Waals surface area (Å²) in [6.45, 7) is 1.13. The Balaban J connectivity index is 2.37. The van der Waals surface area contributed by atoms with Gasteiger partial charge in [0.1, 0.15) is 12.4 Å². The van der Waals surface area contributed by atoms with E-state index in [1.54, 1.807) is 19.2 Å². The Hall–Kier alpha value is -1.31. The first-order chi connectivity index (χ1) is 9.53. The molecule has 0 aliphatic heterocycles. The van der Waals surface area contributed by atoms with Crippen molar-refractivity contribution in [2.45, 2.75) is 12.9 Å². The van der Waals surface area contributed by atoms with Crippen LogP contribution in [0.15, 0.2) is 24.3 Å². The van der Waals surface area contributed by atoms with Crippen LogP contribution in [-0.4, -0.2) is 39.8 Å². The van der Waals surface area contributed by atoms with Gasteiger partial charge in [0.25, 0.3) is 0 Å². The van der Waals surface area contributed by atoms with Gasteiger partial charge >= 0.3 is 6.36 Å². The third-order valence-electron chi connectivity index (χ3n) is 2.38. The molecular weight excluding hydrogens is 275 g/mol. The first-order valence-electron chi connectivity index (χ1n) is 6.14. The van der Waals surface area contributed by atoms with Gasteiger partial charge in [-0.2, -0.15) is 0 Å². The second kappa shape index (κ2) is 8.78. The molecule has 1 rings (SSSR count). The van der Waals surface area contributed by atoms with Crippen molar-refractivity contribution in [2.24, 2.45) is 0 Å². The van der Waals surface area contributed by atoms with E-state index in [4.69, 9.17) is 9.47 Å². The van der Waals surface area contributed by atoms with Gasteiger partial charge in [-0.3, -0.25) is 4.74 Å². The Kier molecular flexibility index (Phi) is 7.35. The maximum atomic E-state index is 11.8. The topological polar surface area (TPSA) is 39.7 Å². The summed E-state index contributed by atoms with van der Waals surface area (Å²) in [6.07, 6.45) is -4.62. The second-order valence-corrected chi connectivity index (χ2v) is 3.92. The molecule has 4 nitrogen and oxygen atoms in total. The number of nitrogens with one attached hydrogen (secondary N) is 1. The van der Waals surface area contributed by atoms with Gasteiger partial charge in [-0.1, -0.05) is 18.2 Å². The molecule has 1 aromatic carbocycles. The average Bonchev–Trinajstić information content (AvgIpc) is 2.40. The quantitative estimate of drug-likeness (QED) is 0.709. The Morgan fingerprint density at radius 1 is 1.10 bits per heavy atom. The molecule has 0 saturated heterocycles. The molecule has 0 aliphatic carbocycles. The Morgan fingerprint density at radius 3 is 2.55 bits per heavy atom. The molecule has 0 aromatic heterocycles. The van der Waals surface area contributed by atoms with Crippen LogP contribution in [-0.2, 0) is 16.0 Å². The minimum atomic E-state index is -4.62. The first-order valence-corrected chi connectivity index (χ1v) is 6.14. The lowest BCUT2D eigenvalue weighted by molar-refractivity contribution is -0.325. The zero-order valence-corrected chi connectivity index (χ0v) is 11.2. The molecule has 1 aromatic rings. The smallest absolute Gasteiger partial charge is 0.491 e. The molecule has 114 valence electrons. The molecule has 1 N–H and O–H groups in total. The molecule has 0 aliphatic rings. The fourth-order valence-corrected chi connectivity index (χ4v) is 1.50. The summed E-state index contributed by atoms with van der Waals surface area (Å²) in [5, 5.41) is 3.14. The first kappa shape index (κ1) is 16.7. The van der Waals surface area contributed by atoms with Crippen molar-refractivity contribution in [3.05, 3.63) is 29.8 Å². The highest BCUT2D eigenvalue weighted by Gasteiger charge is 2.28. The molecule has 0 spiro atoms. The fraction of sp³-hybridized carbons (Fsp3) is 0.538. The van der Waals surface area contributed by atoms with E-state index in [1.165, 1.54) is 0 Å². The Labute approximate surface area is 115 Å². The summed E-state index contributed by atoms with van der Waals surface area (Å²) < 4.78 is 49.2. The van der Waals surface area contributed by atoms with Crippen molar-refractivity contribution in [1.29, 1.82) is 0 Å². The number of halogens is 3. The molecule has 7 heteroatoms. The van der Waals surface area contributed by atoms with Gasteiger partial charge < -0.3 is 14.8 Å². The minimum absolute atomic E-state index is 0.158. The largest absolute Gasteiger partial charge is 0.522 e. The van der Waals surface area contributed by atoms with Crippen molar-refractivity contribution in [2.75, 3.05) is 33.5 Å². The van der Waals surface area contributed by atoms with E-state index in [0.717, 1.165) is 5.56 Å². The Morgan fingerprint density at radius 2 is 1.85 bits per heavy atom. The molecule has 0 amide bonds. The van der Waals surface area contributed by atoms with Crippen LogP contribution >= 0.6 is 0 Å². The molecular formula is C13H18F3NO3. The van der Waals surface area contributed by atoms with E-state index in [9.17, 15) is 13.2 Å². The van der Waals surface area contributed by atoms with Gasteiger partial charge in [-0.15, -0.1) is 13.2 Å². The lowest BCUT2D eigenvalue weighted by Crippen LogP contribution is -2.20. The Bertz CT molecular complexity index is 385. The third kappa shape index (κ3) is 7.32.